The molecule has 1 amide bonds. The topological polar surface area (TPSA) is 194 Å². The Labute approximate surface area is 881 Å². The normalized spacial score (nSPS) is 19.5. The van der Waals surface area contributed by atoms with E-state index in [4.69, 9.17) is 14.0 Å². The highest BCUT2D eigenvalue weighted by atomic mass is 127. The Kier molecular flexibility index (Phi) is 32.8. The van der Waals surface area contributed by atoms with Crippen LogP contribution in [0.4, 0.5) is 0 Å². The van der Waals surface area contributed by atoms with E-state index in [9.17, 15) is 4.79 Å². The Bertz CT molecular complexity index is 6730. The fourth-order valence-electron chi connectivity index (χ4n) is 21.4. The van der Waals surface area contributed by atoms with Gasteiger partial charge in [0.1, 0.15) is 0 Å². The Morgan fingerprint density at radius 1 is 0.355 bits per heavy atom. The number of carbonyl (C=O) groups is 1. The number of aromatic amines is 5. The molecule has 0 bridgehead atoms. The van der Waals surface area contributed by atoms with Crippen LogP contribution in [-0.2, 0) is 96.8 Å². The SMILES string of the molecule is Brc1ccc2[nH]c3c(c2c1)CCC[C@H]3NCc1ccc(CN2CCOCC2)cc1.Brc1ccc2[nH]c3c(c2c1)CCC[C@H]3NCc1ccc(I)cc1.Brc1ccc2[nH]c3c(c2c1)CCC[C@H]3NCc1cccc(I)c1.CC(=O)N1CCN(Cc2ccc(CN[C@@H]3CCCc4c3[nH]c3ccc(Br)cc43)cc2)CC1.CC1(C)OB(c2ccc(CN[C@@H]3CCCc4c3[nH]c3ccc(Br)cc43)cc2)OC1(C)C. The maximum absolute atomic E-state index is 11.5. The number of hydrogen-bond acceptors (Lipinski definition) is 11. The third kappa shape index (κ3) is 24.1. The molecule has 5 atom stereocenters. The number of nitrogens with zero attached hydrogens (tertiary/aromatic N) is 3. The molecule has 0 saturated carbocycles. The number of H-pyrrole nitrogens is 5. The van der Waals surface area contributed by atoms with Crippen LogP contribution in [0.5, 0.6) is 0 Å². The summed E-state index contributed by atoms with van der Waals surface area (Å²) in [6.45, 7) is 23.8. The van der Waals surface area contributed by atoms with Crippen LogP contribution in [0.25, 0.3) is 54.5 Å². The molecular weight excluding hydrogens is 2270 g/mol. The van der Waals surface area contributed by atoms with Crippen molar-refractivity contribution in [2.45, 2.75) is 218 Å². The highest BCUT2D eigenvalue weighted by molar-refractivity contribution is 14.1. The third-order valence-electron chi connectivity index (χ3n) is 29.7. The minimum absolute atomic E-state index is 0.187. The van der Waals surface area contributed by atoms with Crippen LogP contribution in [-0.4, -0.2) is 116 Å². The van der Waals surface area contributed by atoms with Gasteiger partial charge in [-0.2, -0.15) is 0 Å². The van der Waals surface area contributed by atoms with E-state index in [1.165, 1.54) is 234 Å². The van der Waals surface area contributed by atoms with E-state index >= 15 is 0 Å². The Morgan fingerprint density at radius 2 is 0.645 bits per heavy atom. The number of fused-ring (bicyclic) bond motifs is 15. The molecule has 8 aliphatic rings. The van der Waals surface area contributed by atoms with Crippen LogP contribution in [0, 0.1) is 7.14 Å². The summed E-state index contributed by atoms with van der Waals surface area (Å²) in [7, 11) is -0.307. The van der Waals surface area contributed by atoms with E-state index in [1.807, 2.05) is 4.90 Å². The summed E-state index contributed by atoms with van der Waals surface area (Å²) in [5.41, 5.74) is 30.3. The summed E-state index contributed by atoms with van der Waals surface area (Å²) in [5, 5.41) is 25.7. The van der Waals surface area contributed by atoms with Crippen molar-refractivity contribution in [2.75, 3.05) is 52.5 Å². The molecule has 10 N–H and O–H groups in total. The number of piperazine rings is 1. The van der Waals surface area contributed by atoms with Crippen molar-refractivity contribution in [2.24, 2.45) is 0 Å². The highest BCUT2D eigenvalue weighted by Crippen LogP contribution is 2.44. The van der Waals surface area contributed by atoms with Crippen molar-refractivity contribution in [3.63, 3.8) is 0 Å². The first kappa shape index (κ1) is 99.6. The number of morpholine rings is 1. The molecule has 23 rings (SSSR count). The number of aryl methyl sites for hydroxylation is 5. The lowest BCUT2D eigenvalue weighted by molar-refractivity contribution is -0.130. The first-order chi connectivity index (χ1) is 67.0. The van der Waals surface area contributed by atoms with E-state index in [-0.39, 0.29) is 24.2 Å². The number of benzene rings is 10. The van der Waals surface area contributed by atoms with Crippen LogP contribution in [0.3, 0.4) is 0 Å². The monoisotopic (exact) mass is 2390 g/mol. The summed E-state index contributed by atoms with van der Waals surface area (Å²) in [6.07, 6.45) is 17.9. The molecular formula is C113H125BBr5I2N13O4. The smallest absolute Gasteiger partial charge is 0.399 e. The van der Waals surface area contributed by atoms with Gasteiger partial charge in [0.05, 0.1) is 24.4 Å². The Balaban J connectivity index is 0.000000111. The number of amides is 1. The van der Waals surface area contributed by atoms with Gasteiger partial charge < -0.3 is 70.4 Å². The quantitative estimate of drug-likeness (QED) is 0.0258. The van der Waals surface area contributed by atoms with Gasteiger partial charge in [0.15, 0.2) is 0 Å². The van der Waals surface area contributed by atoms with Crippen molar-refractivity contribution < 1.29 is 18.8 Å². The van der Waals surface area contributed by atoms with Crippen molar-refractivity contribution in [3.05, 3.63) is 337 Å². The first-order valence-electron chi connectivity index (χ1n) is 49.5. The lowest BCUT2D eigenvalue weighted by Gasteiger charge is -2.34. The number of hydrogen-bond donors (Lipinski definition) is 10. The molecule has 718 valence electrons. The van der Waals surface area contributed by atoms with Crippen LogP contribution in [0.15, 0.2) is 235 Å². The molecule has 0 radical (unpaired) electrons. The Morgan fingerprint density at radius 3 is 0.957 bits per heavy atom. The second kappa shape index (κ2) is 45.5. The maximum Gasteiger partial charge on any atom is 0.494 e. The molecule has 17 nitrogen and oxygen atoms in total. The third-order valence-corrected chi connectivity index (χ3v) is 33.6. The summed E-state index contributed by atoms with van der Waals surface area (Å²) in [5.74, 6) is 0.187. The van der Waals surface area contributed by atoms with Crippen molar-refractivity contribution in [1.29, 1.82) is 0 Å². The molecule has 138 heavy (non-hydrogen) atoms. The van der Waals surface area contributed by atoms with Gasteiger partial charge in [0, 0.05) is 235 Å². The number of carbonyl (C=O) groups excluding carboxylic acids is 1. The molecule has 10 aromatic carbocycles. The fourth-order valence-corrected chi connectivity index (χ4v) is 24.2. The highest BCUT2D eigenvalue weighted by Gasteiger charge is 2.52. The second-order valence-corrected chi connectivity index (χ2v) is 46.6. The van der Waals surface area contributed by atoms with Crippen LogP contribution in [0.1, 0.15) is 224 Å². The van der Waals surface area contributed by atoms with Gasteiger partial charge in [-0.25, -0.2) is 0 Å². The van der Waals surface area contributed by atoms with Crippen LogP contribution in [0.2, 0.25) is 0 Å². The van der Waals surface area contributed by atoms with Crippen molar-refractivity contribution in [3.8, 4) is 0 Å². The zero-order chi connectivity index (χ0) is 95.1. The van der Waals surface area contributed by atoms with Crippen molar-refractivity contribution in [1.82, 2.24) is 66.2 Å². The molecule has 15 aromatic rings. The van der Waals surface area contributed by atoms with E-state index in [0.29, 0.717) is 30.2 Å². The molecule has 25 heteroatoms. The van der Waals surface area contributed by atoms with E-state index < -0.39 is 0 Å². The number of rotatable bonds is 20. The summed E-state index contributed by atoms with van der Waals surface area (Å²) in [6, 6.07) is 78.8. The molecule has 0 spiro atoms. The van der Waals surface area contributed by atoms with Gasteiger partial charge in [-0.15, -0.1) is 0 Å². The molecule has 3 fully saturated rings. The standard InChI is InChI=1S/C26H31BrN4O.C25H30BBrN2O2.C24H28BrN3O.2C19H18BrIN2/c1-18(32)31-13-11-30(12-14-31)17-20-7-5-19(6-8-20)16-28-25-4-2-3-22-23-15-21(27)9-10-24(23)29-26(22)25;1-24(2)25(3,4)31-26(30-24)17-10-8-16(9-11-17)15-28-22-7-5-6-19-20-14-18(27)12-13-21(20)29-23(19)22;25-19-8-9-22-21(14-19)20-2-1-3-23(24(20)27-22)26-15-17-4-6-18(7-5-17)16-28-10-12-29-13-11-28;20-13-7-8-17-16(10-13)15-5-2-6-18(19(15)23-17)22-11-12-3-1-4-14(21)9-12;20-13-6-9-17-16(10-13)15-2-1-3-18(19(15)23-17)22-11-12-4-7-14(21)8-5-12/h5-10,15,25,28-29H,2-4,11-14,16-17H2,1H3;8-14,22,28-29H,5-7,15H2,1-4H3;4-9,14,23,26-27H,1-3,10-13,15-16H2;1,3-4,7-10,18,22-23H,2,5-6,11H2;4-10,18,22-23H,1-3,11H2/t25-;22-;23-;2*18-/m11111/s1. The van der Waals surface area contributed by atoms with Gasteiger partial charge in [-0.05, 0) is 357 Å². The van der Waals surface area contributed by atoms with E-state index in [0.717, 1.165) is 145 Å². The molecule has 0 unspecified atom stereocenters. The minimum Gasteiger partial charge on any atom is -0.399 e. The Hall–Kier alpha value is -7.11. The van der Waals surface area contributed by atoms with Gasteiger partial charge in [0.2, 0.25) is 5.91 Å². The lowest BCUT2D eigenvalue weighted by Crippen LogP contribution is -2.47. The zero-order valence-corrected chi connectivity index (χ0v) is 91.7. The number of halogens is 7. The molecule has 8 heterocycles. The van der Waals surface area contributed by atoms with Gasteiger partial charge in [0.25, 0.3) is 0 Å². The fraction of sp³-hybridized carbons (Fsp3) is 0.372. The van der Waals surface area contributed by atoms with Gasteiger partial charge in [-0.3, -0.25) is 14.6 Å². The summed E-state index contributed by atoms with van der Waals surface area (Å²) >= 11 is 22.8. The zero-order valence-electron chi connectivity index (χ0n) is 79.5. The first-order valence-corrected chi connectivity index (χ1v) is 55.6. The largest absolute Gasteiger partial charge is 0.494 e. The number of aromatic nitrogens is 5. The second-order valence-electron chi connectivity index (χ2n) is 39.6. The summed E-state index contributed by atoms with van der Waals surface area (Å²) in [4.78, 5) is 36.7. The van der Waals surface area contributed by atoms with Gasteiger partial charge >= 0.3 is 7.12 Å². The number of nitrogens with one attached hydrogen (secondary N) is 10. The van der Waals surface area contributed by atoms with E-state index in [1.54, 1.807) is 6.92 Å². The lowest BCUT2D eigenvalue weighted by atomic mass is 9.79. The minimum atomic E-state index is -0.314. The van der Waals surface area contributed by atoms with Gasteiger partial charge in [-0.1, -0.05) is 177 Å². The molecule has 5 aromatic heterocycles. The summed E-state index contributed by atoms with van der Waals surface area (Å²) < 4.78 is 26.1. The van der Waals surface area contributed by atoms with Crippen molar-refractivity contribution >= 4 is 198 Å². The molecule has 5 aliphatic carbocycles. The number of ether oxygens (including phenoxy) is 1. The average Bonchev–Trinajstić information content (AvgIpc) is 1.65. The molecule has 3 aliphatic heterocycles. The average molecular weight is 2390 g/mol. The van der Waals surface area contributed by atoms with Crippen LogP contribution < -0.4 is 32.0 Å². The maximum atomic E-state index is 11.5. The van der Waals surface area contributed by atoms with E-state index in [2.05, 4.69) is 426 Å². The van der Waals surface area contributed by atoms with Crippen LogP contribution >= 0.6 is 125 Å². The predicted molar refractivity (Wildman–Crippen MR) is 600 cm³/mol. The predicted octanol–water partition coefficient (Wildman–Crippen LogP) is 26.5. The molecule has 3 saturated heterocycles.